The second kappa shape index (κ2) is 15.6. The predicted octanol–water partition coefficient (Wildman–Crippen LogP) is 6.46. The first-order valence-electron chi connectivity index (χ1n) is 12.3. The van der Waals surface area contributed by atoms with Gasteiger partial charge in [-0.25, -0.2) is 0 Å². The summed E-state index contributed by atoms with van der Waals surface area (Å²) in [6.45, 7) is 6.60. The van der Waals surface area contributed by atoms with Crippen molar-refractivity contribution in [1.82, 2.24) is 4.90 Å². The second-order valence-corrected chi connectivity index (χ2v) is 9.02. The third-order valence-corrected chi connectivity index (χ3v) is 6.37. The van der Waals surface area contributed by atoms with Crippen molar-refractivity contribution < 1.29 is 14.4 Å². The minimum atomic E-state index is -0.0903. The van der Waals surface area contributed by atoms with Gasteiger partial charge in [-0.2, -0.15) is 0 Å². The van der Waals surface area contributed by atoms with E-state index in [1.807, 2.05) is 0 Å². The topological polar surface area (TPSA) is 54.5 Å². The van der Waals surface area contributed by atoms with Crippen LogP contribution in [0.1, 0.15) is 124 Å². The molecule has 1 aliphatic rings. The molecule has 0 aromatic heterocycles. The molecule has 0 aromatic rings. The van der Waals surface area contributed by atoms with E-state index in [1.165, 1.54) is 62.7 Å². The van der Waals surface area contributed by atoms with Gasteiger partial charge >= 0.3 is 0 Å². The zero-order valence-corrected chi connectivity index (χ0v) is 19.3. The molecule has 1 heterocycles. The first-order chi connectivity index (χ1) is 14.0. The Balaban J connectivity index is 2.53. The lowest BCUT2D eigenvalue weighted by Gasteiger charge is -2.23. The van der Waals surface area contributed by atoms with Crippen molar-refractivity contribution in [2.24, 2.45) is 11.8 Å². The van der Waals surface area contributed by atoms with E-state index in [4.69, 9.17) is 0 Å². The van der Waals surface area contributed by atoms with E-state index < -0.39 is 0 Å². The van der Waals surface area contributed by atoms with Crippen LogP contribution in [-0.4, -0.2) is 29.0 Å². The van der Waals surface area contributed by atoms with Crippen molar-refractivity contribution in [3.63, 3.8) is 0 Å². The van der Waals surface area contributed by atoms with Crippen molar-refractivity contribution in [2.45, 2.75) is 124 Å². The van der Waals surface area contributed by atoms with Crippen molar-refractivity contribution in [3.8, 4) is 0 Å². The quantitative estimate of drug-likeness (QED) is 0.193. The van der Waals surface area contributed by atoms with Gasteiger partial charge in [0.05, 0.1) is 5.92 Å². The lowest BCUT2D eigenvalue weighted by molar-refractivity contribution is -0.140. The third kappa shape index (κ3) is 10.4. The highest BCUT2D eigenvalue weighted by molar-refractivity contribution is 6.03. The molecule has 4 heteroatoms. The average Bonchev–Trinajstić information content (AvgIpc) is 2.97. The van der Waals surface area contributed by atoms with Gasteiger partial charge in [-0.15, -0.1) is 0 Å². The lowest BCUT2D eigenvalue weighted by atomic mass is 9.82. The van der Waals surface area contributed by atoms with Gasteiger partial charge in [0.25, 0.3) is 0 Å². The Hall–Kier alpha value is -1.19. The fraction of sp³-hybridized carbons (Fsp3) is 0.880. The monoisotopic (exact) mass is 407 g/mol. The van der Waals surface area contributed by atoms with E-state index in [-0.39, 0.29) is 23.5 Å². The van der Waals surface area contributed by atoms with Crippen LogP contribution in [0.25, 0.3) is 0 Å². The number of unbranched alkanes of at least 4 members (excludes halogenated alkanes) is 9. The van der Waals surface area contributed by atoms with E-state index in [0.29, 0.717) is 25.3 Å². The Bertz CT molecular complexity index is 488. The minimum absolute atomic E-state index is 0.0242. The van der Waals surface area contributed by atoms with E-state index in [0.717, 1.165) is 32.1 Å². The first kappa shape index (κ1) is 25.8. The summed E-state index contributed by atoms with van der Waals surface area (Å²) >= 11 is 0. The summed E-state index contributed by atoms with van der Waals surface area (Å²) < 4.78 is 0. The molecule has 2 amide bonds. The maximum Gasteiger partial charge on any atom is 0.233 e. The van der Waals surface area contributed by atoms with Crippen LogP contribution < -0.4 is 0 Å². The van der Waals surface area contributed by atoms with Gasteiger partial charge < -0.3 is 4.79 Å². The maximum atomic E-state index is 13.0. The molecule has 0 aliphatic carbocycles. The maximum absolute atomic E-state index is 13.0. The molecule has 0 spiro atoms. The third-order valence-electron chi connectivity index (χ3n) is 6.37. The van der Waals surface area contributed by atoms with Gasteiger partial charge in [0.2, 0.25) is 11.8 Å². The normalized spacial score (nSPS) is 17.9. The van der Waals surface area contributed by atoms with E-state index in [2.05, 4.69) is 13.8 Å². The molecule has 0 bridgehead atoms. The highest BCUT2D eigenvalue weighted by Crippen LogP contribution is 2.34. The molecule has 29 heavy (non-hydrogen) atoms. The molecule has 0 saturated carbocycles. The number of rotatable bonds is 18. The van der Waals surface area contributed by atoms with Crippen LogP contribution in [0.5, 0.6) is 0 Å². The number of carbonyl (C=O) groups excluding carboxylic acids is 3. The molecule has 1 rings (SSSR count). The number of ketones is 1. The number of hydrogen-bond acceptors (Lipinski definition) is 3. The van der Waals surface area contributed by atoms with Gasteiger partial charge in [0.15, 0.2) is 0 Å². The molecule has 1 fully saturated rings. The predicted molar refractivity (Wildman–Crippen MR) is 120 cm³/mol. The van der Waals surface area contributed by atoms with Crippen LogP contribution in [0.2, 0.25) is 0 Å². The largest absolute Gasteiger partial charge is 0.300 e. The zero-order valence-electron chi connectivity index (χ0n) is 19.3. The Labute approximate surface area is 179 Å². The molecule has 0 aromatic carbocycles. The summed E-state index contributed by atoms with van der Waals surface area (Å²) in [5, 5.41) is 0. The molecule has 2 unspecified atom stereocenters. The first-order valence-corrected chi connectivity index (χ1v) is 12.3. The number of likely N-dealkylation sites (tertiary alicyclic amines) is 1. The van der Waals surface area contributed by atoms with Crippen molar-refractivity contribution >= 4 is 17.6 Å². The molecule has 168 valence electrons. The Kier molecular flexibility index (Phi) is 13.9. The van der Waals surface area contributed by atoms with Gasteiger partial charge in [0, 0.05) is 19.4 Å². The average molecular weight is 408 g/mol. The number of imide groups is 1. The summed E-state index contributed by atoms with van der Waals surface area (Å²) in [4.78, 5) is 38.1. The van der Waals surface area contributed by atoms with Crippen LogP contribution in [-0.2, 0) is 14.4 Å². The van der Waals surface area contributed by atoms with E-state index in [1.54, 1.807) is 6.92 Å². The smallest absolute Gasteiger partial charge is 0.233 e. The number of amides is 2. The van der Waals surface area contributed by atoms with E-state index >= 15 is 0 Å². The van der Waals surface area contributed by atoms with E-state index in [9.17, 15) is 14.4 Å². The summed E-state index contributed by atoms with van der Waals surface area (Å²) in [6, 6.07) is 0. The lowest BCUT2D eigenvalue weighted by Crippen LogP contribution is -2.33. The Morgan fingerprint density at radius 1 is 0.862 bits per heavy atom. The Morgan fingerprint density at radius 2 is 1.41 bits per heavy atom. The van der Waals surface area contributed by atoms with Crippen molar-refractivity contribution in [3.05, 3.63) is 0 Å². The summed E-state index contributed by atoms with van der Waals surface area (Å²) in [6.07, 6.45) is 16.9. The van der Waals surface area contributed by atoms with Crippen LogP contribution in [0, 0.1) is 11.8 Å². The number of Topliss-reactive ketones (excluding diaryl/α,β-unsaturated/α-hetero) is 1. The molecule has 1 saturated heterocycles. The van der Waals surface area contributed by atoms with Gasteiger partial charge in [-0.3, -0.25) is 14.5 Å². The second-order valence-electron chi connectivity index (χ2n) is 9.02. The van der Waals surface area contributed by atoms with Crippen LogP contribution >= 0.6 is 0 Å². The standard InChI is InChI=1S/C25H45NO3/c1-4-6-8-10-14-18-22(17-13-9-7-5-2)23-20-24(28)26(25(23)29)19-15-11-12-16-21(3)27/h22-23H,4-20H2,1-3H3. The number of nitrogens with zero attached hydrogens (tertiary/aromatic N) is 1. The van der Waals surface area contributed by atoms with Gasteiger partial charge in [-0.1, -0.05) is 78.1 Å². The van der Waals surface area contributed by atoms with Crippen LogP contribution in [0.15, 0.2) is 0 Å². The molecule has 4 nitrogen and oxygen atoms in total. The number of hydrogen-bond donors (Lipinski definition) is 0. The molecule has 1 aliphatic heterocycles. The molecule has 2 atom stereocenters. The molecule has 0 radical (unpaired) electrons. The zero-order chi connectivity index (χ0) is 21.5. The van der Waals surface area contributed by atoms with Gasteiger partial charge in [-0.05, 0) is 38.5 Å². The van der Waals surface area contributed by atoms with Gasteiger partial charge in [0.1, 0.15) is 5.78 Å². The van der Waals surface area contributed by atoms with Crippen LogP contribution in [0.3, 0.4) is 0 Å². The summed E-state index contributed by atoms with van der Waals surface area (Å²) in [7, 11) is 0. The Morgan fingerprint density at radius 3 is 2.00 bits per heavy atom. The highest BCUT2D eigenvalue weighted by atomic mass is 16.2. The van der Waals surface area contributed by atoms with Crippen molar-refractivity contribution in [1.29, 1.82) is 0 Å². The summed E-state index contributed by atoms with van der Waals surface area (Å²) in [5.74, 6) is 0.593. The van der Waals surface area contributed by atoms with Crippen molar-refractivity contribution in [2.75, 3.05) is 6.54 Å². The molecular weight excluding hydrogens is 362 g/mol. The molecule has 0 N–H and O–H groups in total. The highest BCUT2D eigenvalue weighted by Gasteiger charge is 2.41. The fourth-order valence-electron chi connectivity index (χ4n) is 4.52. The SMILES string of the molecule is CCCCCCCC(CCCCCC)C1CC(=O)N(CCCCCC(C)=O)C1=O. The fourth-order valence-corrected chi connectivity index (χ4v) is 4.52. The minimum Gasteiger partial charge on any atom is -0.300 e. The summed E-state index contributed by atoms with van der Waals surface area (Å²) in [5.41, 5.74) is 0. The molecular formula is C25H45NO3. The van der Waals surface area contributed by atoms with Crippen LogP contribution in [0.4, 0.5) is 0 Å². The number of carbonyl (C=O) groups is 3.